The van der Waals surface area contributed by atoms with Gasteiger partial charge in [0.2, 0.25) is 10.0 Å². The van der Waals surface area contributed by atoms with Crippen LogP contribution in [0.3, 0.4) is 0 Å². The molecule has 0 radical (unpaired) electrons. The predicted molar refractivity (Wildman–Crippen MR) is 88.5 cm³/mol. The first-order valence-electron chi connectivity index (χ1n) is 7.02. The molecule has 1 N–H and O–H groups in total. The predicted octanol–water partition coefficient (Wildman–Crippen LogP) is 2.86. The summed E-state index contributed by atoms with van der Waals surface area (Å²) in [6, 6.07) is 4.69. The van der Waals surface area contributed by atoms with Crippen molar-refractivity contribution in [2.75, 3.05) is 20.2 Å². The Morgan fingerprint density at radius 1 is 1.41 bits per heavy atom. The van der Waals surface area contributed by atoms with Gasteiger partial charge in [-0.1, -0.05) is 49.2 Å². The van der Waals surface area contributed by atoms with Gasteiger partial charge in [-0.2, -0.15) is 5.06 Å². The smallest absolute Gasteiger partial charge is 0.218 e. The highest BCUT2D eigenvalue weighted by Gasteiger charge is 2.44. The molecule has 2 rings (SSSR count). The third-order valence-electron chi connectivity index (χ3n) is 3.58. The van der Waals surface area contributed by atoms with E-state index in [0.29, 0.717) is 22.2 Å². The van der Waals surface area contributed by atoms with Crippen LogP contribution in [0.5, 0.6) is 0 Å². The molecule has 5 nitrogen and oxygen atoms in total. The zero-order chi connectivity index (χ0) is 16.5. The molecule has 1 aliphatic heterocycles. The molecule has 0 saturated carbocycles. The second-order valence-corrected chi connectivity index (χ2v) is 8.52. The van der Waals surface area contributed by atoms with Crippen molar-refractivity contribution < 1.29 is 13.3 Å². The topological polar surface area (TPSA) is 58.6 Å². The van der Waals surface area contributed by atoms with E-state index < -0.39 is 21.3 Å². The molecule has 1 aromatic rings. The van der Waals surface area contributed by atoms with Crippen LogP contribution in [0.15, 0.2) is 18.2 Å². The van der Waals surface area contributed by atoms with E-state index >= 15 is 0 Å². The first-order valence-corrected chi connectivity index (χ1v) is 9.32. The number of sulfonamides is 1. The van der Waals surface area contributed by atoms with Gasteiger partial charge in [-0.3, -0.25) is 4.84 Å². The molecule has 0 bridgehead atoms. The number of benzene rings is 1. The van der Waals surface area contributed by atoms with Crippen LogP contribution in [0.2, 0.25) is 10.0 Å². The van der Waals surface area contributed by atoms with Crippen LogP contribution in [0, 0.1) is 5.92 Å². The fourth-order valence-electron chi connectivity index (χ4n) is 2.39. The molecule has 1 fully saturated rings. The van der Waals surface area contributed by atoms with Crippen LogP contribution in [-0.2, 0) is 14.9 Å². The lowest BCUT2D eigenvalue weighted by Crippen LogP contribution is -2.40. The van der Waals surface area contributed by atoms with Gasteiger partial charge in [0, 0.05) is 13.6 Å². The maximum atomic E-state index is 12.6. The Morgan fingerprint density at radius 2 is 2.09 bits per heavy atom. The van der Waals surface area contributed by atoms with Crippen molar-refractivity contribution in [1.29, 1.82) is 0 Å². The summed E-state index contributed by atoms with van der Waals surface area (Å²) in [5.74, 6) is 0.225. The van der Waals surface area contributed by atoms with Crippen molar-refractivity contribution in [1.82, 2.24) is 9.79 Å². The zero-order valence-corrected chi connectivity index (χ0v) is 15.0. The average Bonchev–Trinajstić information content (AvgIpc) is 2.82. The second-order valence-electron chi connectivity index (χ2n) is 5.76. The van der Waals surface area contributed by atoms with Crippen molar-refractivity contribution in [3.63, 3.8) is 0 Å². The summed E-state index contributed by atoms with van der Waals surface area (Å²) >= 11 is 12.3. The fraction of sp³-hybridized carbons (Fsp3) is 0.571. The first kappa shape index (κ1) is 18.0. The van der Waals surface area contributed by atoms with Crippen LogP contribution in [0.1, 0.15) is 25.5 Å². The number of hydroxylamine groups is 2. The zero-order valence-electron chi connectivity index (χ0n) is 12.7. The molecule has 124 valence electrons. The minimum atomic E-state index is -3.53. The minimum Gasteiger partial charge on any atom is -0.297 e. The number of nitrogens with zero attached hydrogens (tertiary/aromatic N) is 1. The standard InChI is InChI=1S/C14H20Cl2N2O3S/c1-9(2)7-17-22(19,20)12-8-21-18(3)14(12)10-5-4-6-11(15)13(10)16/h4-6,9,12,14,17H,7-8H2,1-3H3/t12-,14+/m1/s1. The normalized spacial score (nSPS) is 23.4. The summed E-state index contributed by atoms with van der Waals surface area (Å²) in [5.41, 5.74) is 0.647. The van der Waals surface area contributed by atoms with Crippen LogP contribution in [0.25, 0.3) is 0 Å². The summed E-state index contributed by atoms with van der Waals surface area (Å²) < 4.78 is 27.8. The van der Waals surface area contributed by atoms with E-state index in [2.05, 4.69) is 4.72 Å². The quantitative estimate of drug-likeness (QED) is 0.870. The summed E-state index contributed by atoms with van der Waals surface area (Å²) in [4.78, 5) is 5.43. The number of hydrogen-bond acceptors (Lipinski definition) is 4. The van der Waals surface area contributed by atoms with Gasteiger partial charge in [-0.15, -0.1) is 0 Å². The van der Waals surface area contributed by atoms with Gasteiger partial charge in [0.25, 0.3) is 0 Å². The third kappa shape index (κ3) is 3.75. The van der Waals surface area contributed by atoms with E-state index in [9.17, 15) is 8.42 Å². The van der Waals surface area contributed by atoms with Crippen LogP contribution in [-0.4, -0.2) is 38.9 Å². The number of hydrogen-bond donors (Lipinski definition) is 1. The monoisotopic (exact) mass is 366 g/mol. The molecule has 0 aromatic heterocycles. The van der Waals surface area contributed by atoms with E-state index in [4.69, 9.17) is 28.0 Å². The van der Waals surface area contributed by atoms with E-state index in [1.54, 1.807) is 25.2 Å². The van der Waals surface area contributed by atoms with Gasteiger partial charge < -0.3 is 0 Å². The van der Waals surface area contributed by atoms with E-state index in [0.717, 1.165) is 0 Å². The Labute approximate surface area is 141 Å². The van der Waals surface area contributed by atoms with Gasteiger partial charge in [0.15, 0.2) is 0 Å². The molecule has 1 aliphatic rings. The molecule has 1 heterocycles. The molecule has 1 aromatic carbocycles. The van der Waals surface area contributed by atoms with E-state index in [1.165, 1.54) is 5.06 Å². The van der Waals surface area contributed by atoms with E-state index in [1.807, 2.05) is 13.8 Å². The highest BCUT2D eigenvalue weighted by molar-refractivity contribution is 7.90. The Kier molecular flexibility index (Phi) is 5.74. The molecule has 1 saturated heterocycles. The third-order valence-corrected chi connectivity index (χ3v) is 6.17. The summed E-state index contributed by atoms with van der Waals surface area (Å²) in [5, 5.41) is 1.53. The van der Waals surface area contributed by atoms with Gasteiger partial charge in [0.1, 0.15) is 5.25 Å². The Morgan fingerprint density at radius 3 is 2.73 bits per heavy atom. The highest BCUT2D eigenvalue weighted by Crippen LogP contribution is 2.39. The number of halogens is 2. The highest BCUT2D eigenvalue weighted by atomic mass is 35.5. The number of rotatable bonds is 5. The van der Waals surface area contributed by atoms with Crippen LogP contribution < -0.4 is 4.72 Å². The van der Waals surface area contributed by atoms with Crippen molar-refractivity contribution >= 4 is 33.2 Å². The van der Waals surface area contributed by atoms with Crippen molar-refractivity contribution in [3.8, 4) is 0 Å². The molecule has 0 aliphatic carbocycles. The van der Waals surface area contributed by atoms with Gasteiger partial charge in [0.05, 0.1) is 22.7 Å². The molecule has 0 amide bonds. The second kappa shape index (κ2) is 7.03. The Hall–Kier alpha value is -0.370. The molecule has 2 atom stereocenters. The Balaban J connectivity index is 2.34. The summed E-state index contributed by atoms with van der Waals surface area (Å²) in [7, 11) is -1.84. The molecule has 0 spiro atoms. The lowest BCUT2D eigenvalue weighted by molar-refractivity contribution is -0.110. The fourth-order valence-corrected chi connectivity index (χ4v) is 4.49. The van der Waals surface area contributed by atoms with Gasteiger partial charge >= 0.3 is 0 Å². The van der Waals surface area contributed by atoms with Gasteiger partial charge in [-0.25, -0.2) is 13.1 Å². The molecule has 8 heteroatoms. The minimum absolute atomic E-state index is 0.0808. The van der Waals surface area contributed by atoms with Gasteiger partial charge in [-0.05, 0) is 17.5 Å². The largest absolute Gasteiger partial charge is 0.297 e. The maximum Gasteiger partial charge on any atom is 0.218 e. The van der Waals surface area contributed by atoms with Crippen LogP contribution >= 0.6 is 23.2 Å². The van der Waals surface area contributed by atoms with Crippen molar-refractivity contribution in [2.24, 2.45) is 5.92 Å². The SMILES string of the molecule is CC(C)CNS(=O)(=O)[C@@H]1CON(C)[C@H]1c1cccc(Cl)c1Cl. The van der Waals surface area contributed by atoms with Crippen molar-refractivity contribution in [3.05, 3.63) is 33.8 Å². The Bertz CT molecular complexity index is 637. The molecule has 22 heavy (non-hydrogen) atoms. The summed E-state index contributed by atoms with van der Waals surface area (Å²) in [6.07, 6.45) is 0. The molecular weight excluding hydrogens is 347 g/mol. The lowest BCUT2D eigenvalue weighted by atomic mass is 10.0. The number of nitrogens with one attached hydrogen (secondary N) is 1. The average molecular weight is 367 g/mol. The van der Waals surface area contributed by atoms with E-state index in [-0.39, 0.29) is 12.5 Å². The van der Waals surface area contributed by atoms with Crippen LogP contribution in [0.4, 0.5) is 0 Å². The molecule has 0 unspecified atom stereocenters. The first-order chi connectivity index (χ1) is 10.2. The van der Waals surface area contributed by atoms with Crippen molar-refractivity contribution in [2.45, 2.75) is 25.1 Å². The maximum absolute atomic E-state index is 12.6. The lowest BCUT2D eigenvalue weighted by Gasteiger charge is -2.24. The molecular formula is C14H20Cl2N2O3S. The summed E-state index contributed by atoms with van der Waals surface area (Å²) in [6.45, 7) is 4.37.